The summed E-state index contributed by atoms with van der Waals surface area (Å²) in [6.45, 7) is 4.67. The number of ether oxygens (including phenoxy) is 1. The number of nitrogens with zero attached hydrogens (tertiary/aromatic N) is 1. The zero-order valence-electron chi connectivity index (χ0n) is 13.4. The van der Waals surface area contributed by atoms with Crippen molar-refractivity contribution in [3.63, 3.8) is 0 Å². The number of aliphatic imine (C=N–C) groups is 1. The van der Waals surface area contributed by atoms with Crippen molar-refractivity contribution in [2.45, 2.75) is 38.6 Å². The Balaban J connectivity index is 0.00000441. The van der Waals surface area contributed by atoms with Gasteiger partial charge in [0.1, 0.15) is 0 Å². The molecule has 7 nitrogen and oxygen atoms in total. The second-order valence-corrected chi connectivity index (χ2v) is 7.17. The first-order valence-corrected chi connectivity index (χ1v) is 9.40. The van der Waals surface area contributed by atoms with Gasteiger partial charge in [0, 0.05) is 32.3 Å². The Morgan fingerprint density at radius 2 is 2.14 bits per heavy atom. The fourth-order valence-corrected chi connectivity index (χ4v) is 3.35. The highest BCUT2D eigenvalue weighted by Gasteiger charge is 2.29. The zero-order valence-corrected chi connectivity index (χ0v) is 16.5. The van der Waals surface area contributed by atoms with Gasteiger partial charge in [0.2, 0.25) is 10.0 Å². The molecule has 0 heterocycles. The molecule has 132 valence electrons. The zero-order chi connectivity index (χ0) is 15.7. The summed E-state index contributed by atoms with van der Waals surface area (Å²) in [5.74, 6) is 0.639. The molecule has 1 saturated carbocycles. The van der Waals surface area contributed by atoms with Gasteiger partial charge >= 0.3 is 0 Å². The largest absolute Gasteiger partial charge is 0.382 e. The average molecular weight is 448 g/mol. The fourth-order valence-electron chi connectivity index (χ4n) is 2.49. The van der Waals surface area contributed by atoms with Crippen LogP contribution >= 0.6 is 24.0 Å². The Hall–Kier alpha value is -0.130. The molecule has 0 radical (unpaired) electrons. The molecule has 2 atom stereocenters. The first kappa shape index (κ1) is 21.9. The molecule has 0 aromatic carbocycles. The second-order valence-electron chi connectivity index (χ2n) is 5.39. The lowest BCUT2D eigenvalue weighted by Gasteiger charge is -2.18. The van der Waals surface area contributed by atoms with Crippen LogP contribution < -0.4 is 15.8 Å². The molecule has 9 heteroatoms. The topological polar surface area (TPSA) is 106 Å². The van der Waals surface area contributed by atoms with Crippen LogP contribution in [0.3, 0.4) is 0 Å². The van der Waals surface area contributed by atoms with E-state index in [1.807, 2.05) is 6.92 Å². The van der Waals surface area contributed by atoms with Crippen molar-refractivity contribution >= 4 is 40.0 Å². The molecule has 1 aliphatic carbocycles. The Labute approximate surface area is 150 Å². The van der Waals surface area contributed by atoms with Crippen molar-refractivity contribution in [1.29, 1.82) is 0 Å². The van der Waals surface area contributed by atoms with E-state index >= 15 is 0 Å². The lowest BCUT2D eigenvalue weighted by Crippen LogP contribution is -2.38. The third kappa shape index (κ3) is 9.80. The van der Waals surface area contributed by atoms with E-state index in [1.54, 1.807) is 0 Å². The van der Waals surface area contributed by atoms with Gasteiger partial charge in [-0.2, -0.15) is 0 Å². The first-order chi connectivity index (χ1) is 9.92. The molecular weight excluding hydrogens is 419 g/mol. The lowest BCUT2D eigenvalue weighted by atomic mass is 10.1. The molecule has 0 amide bonds. The number of hydrogen-bond acceptors (Lipinski definition) is 4. The second kappa shape index (κ2) is 11.4. The van der Waals surface area contributed by atoms with Gasteiger partial charge < -0.3 is 15.8 Å². The minimum Gasteiger partial charge on any atom is -0.382 e. The highest BCUT2D eigenvalue weighted by molar-refractivity contribution is 14.0. The summed E-state index contributed by atoms with van der Waals surface area (Å²) < 4.78 is 30.5. The van der Waals surface area contributed by atoms with Crippen LogP contribution in [0.5, 0.6) is 0 Å². The Morgan fingerprint density at radius 1 is 1.41 bits per heavy atom. The predicted molar refractivity (Wildman–Crippen MR) is 100 cm³/mol. The van der Waals surface area contributed by atoms with Crippen molar-refractivity contribution in [1.82, 2.24) is 10.0 Å². The maximum absolute atomic E-state index is 11.3. The summed E-state index contributed by atoms with van der Waals surface area (Å²) in [4.78, 5) is 4.31. The van der Waals surface area contributed by atoms with Crippen molar-refractivity contribution in [3.05, 3.63) is 0 Å². The monoisotopic (exact) mass is 448 g/mol. The third-order valence-corrected chi connectivity index (χ3v) is 4.23. The standard InChI is InChI=1S/C13H28N4O3S.HI/c1-3-20-9-5-8-15-13(14)16-10-11-6-4-7-12(11)17-21(2,18)19;/h11-12,17H,3-10H2,1-2H3,(H3,14,15,16);1H. The van der Waals surface area contributed by atoms with Crippen molar-refractivity contribution in [2.75, 3.05) is 32.6 Å². The molecule has 0 aromatic rings. The van der Waals surface area contributed by atoms with Crippen LogP contribution in [0, 0.1) is 5.92 Å². The third-order valence-electron chi connectivity index (χ3n) is 3.50. The van der Waals surface area contributed by atoms with E-state index in [1.165, 1.54) is 6.26 Å². The SMILES string of the molecule is CCOCCCNC(N)=NCC1CCCC1NS(C)(=O)=O.I. The smallest absolute Gasteiger partial charge is 0.208 e. The van der Waals surface area contributed by atoms with Gasteiger partial charge in [0.25, 0.3) is 0 Å². The van der Waals surface area contributed by atoms with Gasteiger partial charge in [-0.3, -0.25) is 4.99 Å². The highest BCUT2D eigenvalue weighted by atomic mass is 127. The Kier molecular flexibility index (Phi) is 11.3. The summed E-state index contributed by atoms with van der Waals surface area (Å²) in [7, 11) is -3.16. The fraction of sp³-hybridized carbons (Fsp3) is 0.923. The molecule has 2 unspecified atom stereocenters. The number of sulfonamides is 1. The minimum atomic E-state index is -3.16. The van der Waals surface area contributed by atoms with E-state index in [2.05, 4.69) is 15.0 Å². The van der Waals surface area contributed by atoms with Crippen molar-refractivity contribution in [3.8, 4) is 0 Å². The van der Waals surface area contributed by atoms with Crippen molar-refractivity contribution in [2.24, 2.45) is 16.6 Å². The summed E-state index contributed by atoms with van der Waals surface area (Å²) in [6, 6.07) is -0.0190. The summed E-state index contributed by atoms with van der Waals surface area (Å²) >= 11 is 0. The number of halogens is 1. The lowest BCUT2D eigenvalue weighted by molar-refractivity contribution is 0.145. The minimum absolute atomic E-state index is 0. The Morgan fingerprint density at radius 3 is 2.77 bits per heavy atom. The van der Waals surface area contributed by atoms with E-state index in [9.17, 15) is 8.42 Å². The normalized spacial score (nSPS) is 22.4. The Bertz CT molecular complexity index is 431. The molecule has 0 aromatic heterocycles. The van der Waals surface area contributed by atoms with Gasteiger partial charge in [-0.25, -0.2) is 13.1 Å². The van der Waals surface area contributed by atoms with E-state index in [0.29, 0.717) is 19.1 Å². The van der Waals surface area contributed by atoms with E-state index < -0.39 is 10.0 Å². The molecule has 22 heavy (non-hydrogen) atoms. The van der Waals surface area contributed by atoms with Gasteiger partial charge in [-0.15, -0.1) is 24.0 Å². The van der Waals surface area contributed by atoms with Crippen LogP contribution in [-0.4, -0.2) is 53.0 Å². The van der Waals surface area contributed by atoms with Crippen LogP contribution in [0.2, 0.25) is 0 Å². The molecule has 1 fully saturated rings. The summed E-state index contributed by atoms with van der Waals surface area (Å²) in [5, 5.41) is 3.04. The molecule has 4 N–H and O–H groups in total. The van der Waals surface area contributed by atoms with Crippen LogP contribution in [0.25, 0.3) is 0 Å². The number of nitrogens with two attached hydrogens (primary N) is 1. The summed E-state index contributed by atoms with van der Waals surface area (Å²) in [5.41, 5.74) is 5.80. The maximum atomic E-state index is 11.3. The molecular formula is C13H29IN4O3S. The molecule has 1 aliphatic rings. The number of hydrogen-bond donors (Lipinski definition) is 3. The van der Waals surface area contributed by atoms with E-state index in [0.717, 1.165) is 38.8 Å². The molecule has 0 spiro atoms. The van der Waals surface area contributed by atoms with Crippen LogP contribution in [0.1, 0.15) is 32.6 Å². The molecule has 0 aliphatic heterocycles. The van der Waals surface area contributed by atoms with Crippen molar-refractivity contribution < 1.29 is 13.2 Å². The van der Waals surface area contributed by atoms with E-state index in [4.69, 9.17) is 10.5 Å². The van der Waals surface area contributed by atoms with Gasteiger partial charge in [0.15, 0.2) is 5.96 Å². The molecule has 0 saturated heterocycles. The first-order valence-electron chi connectivity index (χ1n) is 7.51. The number of rotatable bonds is 9. The quantitative estimate of drug-likeness (QED) is 0.208. The van der Waals surface area contributed by atoms with Gasteiger partial charge in [-0.1, -0.05) is 6.42 Å². The number of guanidine groups is 1. The maximum Gasteiger partial charge on any atom is 0.208 e. The van der Waals surface area contributed by atoms with Gasteiger partial charge in [-0.05, 0) is 32.1 Å². The van der Waals surface area contributed by atoms with Crippen LogP contribution in [0.15, 0.2) is 4.99 Å². The van der Waals surface area contributed by atoms with E-state index in [-0.39, 0.29) is 35.9 Å². The summed E-state index contributed by atoms with van der Waals surface area (Å²) in [6.07, 6.45) is 4.95. The average Bonchev–Trinajstić information content (AvgIpc) is 2.81. The number of nitrogens with one attached hydrogen (secondary N) is 2. The molecule has 1 rings (SSSR count). The van der Waals surface area contributed by atoms with Crippen LogP contribution in [-0.2, 0) is 14.8 Å². The molecule has 0 bridgehead atoms. The van der Waals surface area contributed by atoms with Crippen LogP contribution in [0.4, 0.5) is 0 Å². The highest BCUT2D eigenvalue weighted by Crippen LogP contribution is 2.26. The van der Waals surface area contributed by atoms with Gasteiger partial charge in [0.05, 0.1) is 6.26 Å². The predicted octanol–water partition coefficient (Wildman–Crippen LogP) is 0.653.